The number of thiazole rings is 1. The topological polar surface area (TPSA) is 106 Å². The molecule has 2 aromatic carbocycles. The van der Waals surface area contributed by atoms with E-state index in [2.05, 4.69) is 21.3 Å². The van der Waals surface area contributed by atoms with Crippen molar-refractivity contribution in [2.24, 2.45) is 0 Å². The number of hydrogen-bond donors (Lipinski definition) is 1. The predicted octanol–water partition coefficient (Wildman–Crippen LogP) is 3.78. The van der Waals surface area contributed by atoms with Crippen molar-refractivity contribution in [2.75, 3.05) is 37.4 Å². The van der Waals surface area contributed by atoms with Crippen LogP contribution in [0.4, 0.5) is 10.8 Å². The minimum atomic E-state index is -3.68. The van der Waals surface area contributed by atoms with E-state index in [-0.39, 0.29) is 4.90 Å². The molecule has 0 saturated carbocycles. The van der Waals surface area contributed by atoms with Crippen LogP contribution in [0.5, 0.6) is 0 Å². The highest BCUT2D eigenvalue weighted by Crippen LogP contribution is 2.30. The van der Waals surface area contributed by atoms with E-state index in [1.165, 1.54) is 31.5 Å². The Kier molecular flexibility index (Phi) is 6.47. The molecule has 1 saturated heterocycles. The van der Waals surface area contributed by atoms with Gasteiger partial charge in [-0.2, -0.15) is 5.26 Å². The monoisotopic (exact) mass is 481 g/mol. The second-order valence-corrected chi connectivity index (χ2v) is 10.9. The molecule has 170 valence electrons. The van der Waals surface area contributed by atoms with Crippen LogP contribution in [0, 0.1) is 11.3 Å². The Balaban J connectivity index is 1.64. The molecule has 1 amide bonds. The maximum atomic E-state index is 13.3. The zero-order valence-corrected chi connectivity index (χ0v) is 19.9. The minimum absolute atomic E-state index is 0.0676. The summed E-state index contributed by atoms with van der Waals surface area (Å²) < 4.78 is 26.4. The van der Waals surface area contributed by atoms with E-state index in [0.717, 1.165) is 35.8 Å². The third-order valence-electron chi connectivity index (χ3n) is 5.47. The number of aromatic nitrogens is 1. The number of hydrogen-bond acceptors (Lipinski definition) is 7. The maximum absolute atomic E-state index is 13.3. The average Bonchev–Trinajstić information content (AvgIpc) is 3.51. The molecule has 0 aliphatic carbocycles. The number of rotatable bonds is 6. The Labute approximate surface area is 197 Å². The molecule has 2 heterocycles. The van der Waals surface area contributed by atoms with Gasteiger partial charge in [0.1, 0.15) is 0 Å². The predicted molar refractivity (Wildman–Crippen MR) is 129 cm³/mol. The van der Waals surface area contributed by atoms with Crippen molar-refractivity contribution in [3.8, 4) is 17.3 Å². The highest BCUT2D eigenvalue weighted by Gasteiger charge is 2.25. The Morgan fingerprint density at radius 1 is 1.15 bits per heavy atom. The molecule has 1 N–H and O–H groups in total. The molecule has 1 aliphatic heterocycles. The molecule has 33 heavy (non-hydrogen) atoms. The van der Waals surface area contributed by atoms with Crippen LogP contribution < -0.4 is 10.2 Å². The Bertz CT molecular complexity index is 1320. The summed E-state index contributed by atoms with van der Waals surface area (Å²) in [6.45, 7) is 1.64. The third-order valence-corrected chi connectivity index (χ3v) is 8.04. The lowest BCUT2D eigenvalue weighted by atomic mass is 10.1. The van der Waals surface area contributed by atoms with Crippen molar-refractivity contribution >= 4 is 38.1 Å². The summed E-state index contributed by atoms with van der Waals surface area (Å²) in [6.07, 6.45) is 2.05. The fraction of sp³-hybridized carbons (Fsp3) is 0.261. The summed E-state index contributed by atoms with van der Waals surface area (Å²) in [6, 6.07) is 13.8. The number of amides is 1. The largest absolute Gasteiger partial charge is 0.371 e. The fourth-order valence-corrected chi connectivity index (χ4v) is 5.29. The van der Waals surface area contributed by atoms with Gasteiger partial charge in [-0.05, 0) is 43.2 Å². The molecule has 8 nitrogen and oxygen atoms in total. The molecule has 0 bridgehead atoms. The second kappa shape index (κ2) is 9.31. The van der Waals surface area contributed by atoms with Crippen molar-refractivity contribution < 1.29 is 13.2 Å². The summed E-state index contributed by atoms with van der Waals surface area (Å²) in [7, 11) is -0.761. The molecule has 1 aliphatic rings. The van der Waals surface area contributed by atoms with Gasteiger partial charge in [0.2, 0.25) is 10.0 Å². The van der Waals surface area contributed by atoms with Crippen molar-refractivity contribution in [2.45, 2.75) is 17.7 Å². The highest BCUT2D eigenvalue weighted by molar-refractivity contribution is 7.89. The number of nitrogens with zero attached hydrogens (tertiary/aromatic N) is 4. The van der Waals surface area contributed by atoms with Crippen LogP contribution in [0.25, 0.3) is 11.3 Å². The molecule has 0 atom stereocenters. The molecule has 0 spiro atoms. The van der Waals surface area contributed by atoms with E-state index in [1.807, 2.05) is 5.38 Å². The molecule has 4 rings (SSSR count). The van der Waals surface area contributed by atoms with Gasteiger partial charge in [-0.15, -0.1) is 11.3 Å². The Morgan fingerprint density at radius 3 is 2.48 bits per heavy atom. The summed E-state index contributed by atoms with van der Waals surface area (Å²) in [5.74, 6) is -0.409. The molecule has 3 aromatic rings. The van der Waals surface area contributed by atoms with E-state index in [9.17, 15) is 13.2 Å². The van der Waals surface area contributed by atoms with Crippen LogP contribution in [-0.2, 0) is 10.0 Å². The zero-order valence-electron chi connectivity index (χ0n) is 18.3. The van der Waals surface area contributed by atoms with Crippen LogP contribution in [0.15, 0.2) is 52.7 Å². The lowest BCUT2D eigenvalue weighted by Crippen LogP contribution is -2.25. The van der Waals surface area contributed by atoms with E-state index < -0.39 is 15.9 Å². The first kappa shape index (κ1) is 22.9. The lowest BCUT2D eigenvalue weighted by Gasteiger charge is -2.22. The Morgan fingerprint density at radius 2 is 1.85 bits per heavy atom. The first-order valence-electron chi connectivity index (χ1n) is 10.4. The molecular formula is C23H23N5O3S2. The van der Waals surface area contributed by atoms with Gasteiger partial charge in [-0.3, -0.25) is 10.1 Å². The van der Waals surface area contributed by atoms with Gasteiger partial charge in [0.25, 0.3) is 5.91 Å². The first-order valence-corrected chi connectivity index (χ1v) is 12.7. The number of sulfonamides is 1. The normalized spacial score (nSPS) is 13.8. The van der Waals surface area contributed by atoms with Crippen molar-refractivity contribution in [3.05, 3.63) is 59.0 Å². The van der Waals surface area contributed by atoms with Gasteiger partial charge in [-0.1, -0.05) is 12.1 Å². The molecule has 1 aromatic heterocycles. The SMILES string of the molecule is CN(C)S(=O)(=O)c1ccc(N2CCCC2)c(C(=O)Nc2nc(-c3ccc(C#N)cc3)cs2)c1. The summed E-state index contributed by atoms with van der Waals surface area (Å²) >= 11 is 1.28. The van der Waals surface area contributed by atoms with Gasteiger partial charge >= 0.3 is 0 Å². The lowest BCUT2D eigenvalue weighted by molar-refractivity contribution is 0.102. The second-order valence-electron chi connectivity index (χ2n) is 7.84. The fourth-order valence-electron chi connectivity index (χ4n) is 3.65. The van der Waals surface area contributed by atoms with Gasteiger partial charge < -0.3 is 4.90 Å². The van der Waals surface area contributed by atoms with Crippen LogP contribution in [0.2, 0.25) is 0 Å². The number of carbonyl (C=O) groups excluding carboxylic acids is 1. The zero-order chi connectivity index (χ0) is 23.6. The molecule has 10 heteroatoms. The first-order chi connectivity index (χ1) is 15.8. The van der Waals surface area contributed by atoms with Crippen molar-refractivity contribution in [1.29, 1.82) is 5.26 Å². The highest BCUT2D eigenvalue weighted by atomic mass is 32.2. The molecule has 0 radical (unpaired) electrons. The number of benzene rings is 2. The van der Waals surface area contributed by atoms with Gasteiger partial charge in [0.15, 0.2) is 5.13 Å². The van der Waals surface area contributed by atoms with Gasteiger partial charge in [0.05, 0.1) is 27.8 Å². The van der Waals surface area contributed by atoms with E-state index in [1.54, 1.807) is 36.4 Å². The van der Waals surface area contributed by atoms with Crippen molar-refractivity contribution in [1.82, 2.24) is 9.29 Å². The third kappa shape index (κ3) is 4.75. The molecular weight excluding hydrogens is 458 g/mol. The van der Waals surface area contributed by atoms with Crippen LogP contribution >= 0.6 is 11.3 Å². The van der Waals surface area contributed by atoms with Crippen LogP contribution in [-0.4, -0.2) is 50.8 Å². The number of carbonyl (C=O) groups is 1. The maximum Gasteiger partial charge on any atom is 0.259 e. The molecule has 0 unspecified atom stereocenters. The summed E-state index contributed by atoms with van der Waals surface area (Å²) in [5, 5.41) is 14.0. The quantitative estimate of drug-likeness (QED) is 0.574. The molecule has 1 fully saturated rings. The van der Waals surface area contributed by atoms with Gasteiger partial charge in [0, 0.05) is 43.8 Å². The van der Waals surface area contributed by atoms with E-state index in [0.29, 0.717) is 27.6 Å². The van der Waals surface area contributed by atoms with E-state index in [4.69, 9.17) is 5.26 Å². The number of nitriles is 1. The standard InChI is InChI=1S/C23H23N5O3S2/c1-27(2)33(30,31)18-9-10-21(28-11-3-4-12-28)19(13-18)22(29)26-23-25-20(15-32-23)17-7-5-16(14-24)6-8-17/h5-10,13,15H,3-4,11-12H2,1-2H3,(H,25,26,29). The minimum Gasteiger partial charge on any atom is -0.371 e. The number of nitrogens with one attached hydrogen (secondary N) is 1. The van der Waals surface area contributed by atoms with Crippen molar-refractivity contribution in [3.63, 3.8) is 0 Å². The van der Waals surface area contributed by atoms with E-state index >= 15 is 0 Å². The van der Waals surface area contributed by atoms with Crippen LogP contribution in [0.1, 0.15) is 28.8 Å². The van der Waals surface area contributed by atoms with Crippen LogP contribution in [0.3, 0.4) is 0 Å². The average molecular weight is 482 g/mol. The summed E-state index contributed by atoms with van der Waals surface area (Å²) in [5.41, 5.74) is 3.09. The van der Waals surface area contributed by atoms with Gasteiger partial charge in [-0.25, -0.2) is 17.7 Å². The number of anilines is 2. The smallest absolute Gasteiger partial charge is 0.259 e. The summed E-state index contributed by atoms with van der Waals surface area (Å²) in [4.78, 5) is 19.9. The Hall–Kier alpha value is -3.26.